The molecule has 0 saturated heterocycles. The summed E-state index contributed by atoms with van der Waals surface area (Å²) in [5.41, 5.74) is 4.18. The molecule has 0 spiro atoms. The lowest BCUT2D eigenvalue weighted by atomic mass is 10.3. The van der Waals surface area contributed by atoms with Crippen molar-refractivity contribution in [1.29, 1.82) is 0 Å². The Hall–Kier alpha value is -2.65. The molecule has 0 heterocycles. The van der Waals surface area contributed by atoms with E-state index in [-0.39, 0.29) is 21.2 Å². The molecule has 15 heteroatoms. The average molecular weight is 469 g/mol. The first-order chi connectivity index (χ1) is 13.4. The van der Waals surface area contributed by atoms with Gasteiger partial charge in [0.2, 0.25) is 10.0 Å². The van der Waals surface area contributed by atoms with Crippen LogP contribution in [0.1, 0.15) is 0 Å². The minimum Gasteiger partial charge on any atom is -0.333 e. The van der Waals surface area contributed by atoms with E-state index in [0.717, 1.165) is 36.4 Å². The number of nitrogens with one attached hydrogen (secondary N) is 1. The van der Waals surface area contributed by atoms with Gasteiger partial charge in [0, 0.05) is 34.9 Å². The van der Waals surface area contributed by atoms with E-state index in [2.05, 4.69) is 10.5 Å². The molecule has 0 unspecified atom stereocenters. The molecule has 2 aromatic carbocycles. The van der Waals surface area contributed by atoms with E-state index in [0.29, 0.717) is 0 Å². The highest BCUT2D eigenvalue weighted by molar-refractivity contribution is 8.13. The zero-order valence-corrected chi connectivity index (χ0v) is 17.4. The number of nitro groups is 2. The Bertz CT molecular complexity index is 1040. The average Bonchev–Trinajstić information content (AvgIpc) is 2.69. The lowest BCUT2D eigenvalue weighted by Gasteiger charge is -2.00. The molecule has 2 aromatic rings. The smallest absolute Gasteiger partial charge is 0.269 e. The summed E-state index contributed by atoms with van der Waals surface area (Å²) in [6.07, 6.45) is 0. The summed E-state index contributed by atoms with van der Waals surface area (Å²) in [5, 5.41) is 20.5. The largest absolute Gasteiger partial charge is 0.333 e. The summed E-state index contributed by atoms with van der Waals surface area (Å²) in [7, 11) is 0.458. The fourth-order valence-corrected chi connectivity index (χ4v) is 3.10. The summed E-state index contributed by atoms with van der Waals surface area (Å²) < 4.78 is 45.9. The van der Waals surface area contributed by atoms with Crippen LogP contribution in [-0.4, -0.2) is 40.8 Å². The molecule has 0 aliphatic heterocycles. The molecule has 0 aromatic heterocycles. The quantitative estimate of drug-likeness (QED) is 0.372. The third kappa shape index (κ3) is 8.49. The Labute approximate surface area is 171 Å². The predicted octanol–water partition coefficient (Wildman–Crippen LogP) is 1.60. The third-order valence-electron chi connectivity index (χ3n) is 2.96. The van der Waals surface area contributed by atoms with Crippen molar-refractivity contribution in [2.45, 2.75) is 9.79 Å². The second-order valence-corrected chi connectivity index (χ2v) is 9.10. The van der Waals surface area contributed by atoms with Crippen LogP contribution in [0.2, 0.25) is 0 Å². The van der Waals surface area contributed by atoms with E-state index in [1.165, 1.54) is 26.2 Å². The molecule has 0 fully saturated rings. The Kier molecular flexibility index (Phi) is 10.3. The molecule has 0 saturated carbocycles. The maximum atomic E-state index is 11.2. The molecule has 0 bridgehead atoms. The van der Waals surface area contributed by atoms with Gasteiger partial charge >= 0.3 is 0 Å². The number of nitrogens with zero attached hydrogens (tertiary/aromatic N) is 2. The number of sulfonamides is 1. The number of nitro benzene ring substituents is 2. The number of rotatable bonds is 5. The summed E-state index contributed by atoms with van der Waals surface area (Å²) in [6, 6.07) is 8.98. The van der Waals surface area contributed by atoms with Gasteiger partial charge in [-0.05, 0) is 38.4 Å². The van der Waals surface area contributed by atoms with Crippen molar-refractivity contribution in [2.24, 2.45) is 5.73 Å². The summed E-state index contributed by atoms with van der Waals surface area (Å²) in [5.74, 6) is 0. The molecule has 0 radical (unpaired) electrons. The zero-order valence-electron chi connectivity index (χ0n) is 15.1. The highest BCUT2D eigenvalue weighted by Gasteiger charge is 2.13. The van der Waals surface area contributed by atoms with E-state index >= 15 is 0 Å². The molecule has 0 amide bonds. The molecule has 3 N–H and O–H groups in total. The number of benzene rings is 2. The highest BCUT2D eigenvalue weighted by atomic mass is 35.7. The lowest BCUT2D eigenvalue weighted by molar-refractivity contribution is -0.385. The third-order valence-corrected chi connectivity index (χ3v) is 5.76. The van der Waals surface area contributed by atoms with E-state index in [9.17, 15) is 37.1 Å². The molecule has 0 aliphatic carbocycles. The summed E-state index contributed by atoms with van der Waals surface area (Å²) in [4.78, 5) is 19.1. The molecule has 12 nitrogen and oxygen atoms in total. The van der Waals surface area contributed by atoms with Gasteiger partial charge < -0.3 is 5.73 Å². The van der Waals surface area contributed by atoms with Gasteiger partial charge in [0.15, 0.2) is 0 Å². The normalized spacial score (nSPS) is 10.6. The summed E-state index contributed by atoms with van der Waals surface area (Å²) in [6.45, 7) is 0. The zero-order chi connectivity index (χ0) is 22.8. The number of non-ortho nitro benzene ring substituents is 2. The van der Waals surface area contributed by atoms with Gasteiger partial charge in [-0.3, -0.25) is 20.2 Å². The van der Waals surface area contributed by atoms with Crippen molar-refractivity contribution in [1.82, 2.24) is 4.72 Å². The van der Waals surface area contributed by atoms with Crippen molar-refractivity contribution < 1.29 is 26.7 Å². The molecule has 0 atom stereocenters. The van der Waals surface area contributed by atoms with E-state index in [1.54, 1.807) is 0 Å². The van der Waals surface area contributed by atoms with Crippen molar-refractivity contribution in [2.75, 3.05) is 14.1 Å². The Balaban J connectivity index is 0.000000499. The number of hydrogen-bond acceptors (Lipinski definition) is 9. The molecule has 0 aliphatic rings. The van der Waals surface area contributed by atoms with Gasteiger partial charge in [0.05, 0.1) is 19.6 Å². The van der Waals surface area contributed by atoms with Crippen LogP contribution < -0.4 is 10.5 Å². The van der Waals surface area contributed by atoms with E-state index in [4.69, 9.17) is 10.7 Å². The van der Waals surface area contributed by atoms with Gasteiger partial charge in [-0.1, -0.05) is 0 Å². The number of hydrogen-bond donors (Lipinski definition) is 2. The van der Waals surface area contributed by atoms with Gasteiger partial charge in [0.25, 0.3) is 20.4 Å². The fourth-order valence-electron chi connectivity index (χ4n) is 1.60. The van der Waals surface area contributed by atoms with E-state index in [1.807, 2.05) is 0 Å². The summed E-state index contributed by atoms with van der Waals surface area (Å²) >= 11 is 0. The molecule has 29 heavy (non-hydrogen) atoms. The second kappa shape index (κ2) is 11.4. The van der Waals surface area contributed by atoms with Gasteiger partial charge in [-0.25, -0.2) is 21.6 Å². The topological polar surface area (TPSA) is 193 Å². The van der Waals surface area contributed by atoms with Gasteiger partial charge in [-0.15, -0.1) is 0 Å². The van der Waals surface area contributed by atoms with Crippen molar-refractivity contribution in [3.8, 4) is 0 Å². The second-order valence-electron chi connectivity index (χ2n) is 4.65. The molecule has 160 valence electrons. The maximum Gasteiger partial charge on any atom is 0.269 e. The number of halogens is 1. The first kappa shape index (κ1) is 26.4. The van der Waals surface area contributed by atoms with Crippen LogP contribution in [0.25, 0.3) is 0 Å². The van der Waals surface area contributed by atoms with Crippen molar-refractivity contribution >= 4 is 41.1 Å². The van der Waals surface area contributed by atoms with Crippen molar-refractivity contribution in [3.05, 3.63) is 68.8 Å². The Morgan fingerprint density at radius 1 is 0.793 bits per heavy atom. The van der Waals surface area contributed by atoms with Crippen LogP contribution in [0.3, 0.4) is 0 Å². The van der Waals surface area contributed by atoms with Gasteiger partial charge in [0.1, 0.15) is 0 Å². The van der Waals surface area contributed by atoms with Crippen LogP contribution in [0, 0.1) is 20.2 Å². The minimum absolute atomic E-state index is 0.00519. The van der Waals surface area contributed by atoms with E-state index < -0.39 is 28.9 Å². The van der Waals surface area contributed by atoms with Crippen LogP contribution >= 0.6 is 10.7 Å². The monoisotopic (exact) mass is 468 g/mol. The minimum atomic E-state index is -3.80. The Morgan fingerprint density at radius 2 is 1.10 bits per heavy atom. The SMILES string of the molecule is CN.CNS(=O)(=O)c1ccc([N+](=O)[O-])cc1.O=[N+]([O-])c1ccc(S(=O)(=O)Cl)cc1. The first-order valence-electron chi connectivity index (χ1n) is 7.33. The maximum absolute atomic E-state index is 11.2. The lowest BCUT2D eigenvalue weighted by Crippen LogP contribution is -2.18. The Morgan fingerprint density at radius 3 is 1.34 bits per heavy atom. The van der Waals surface area contributed by atoms with Crippen molar-refractivity contribution in [3.63, 3.8) is 0 Å². The number of nitrogens with two attached hydrogens (primary N) is 1. The molecule has 2 rings (SSSR count). The van der Waals surface area contributed by atoms with Crippen LogP contribution in [0.15, 0.2) is 58.3 Å². The molecular formula is C14H17ClN4O8S2. The molecular weight excluding hydrogens is 452 g/mol. The first-order valence-corrected chi connectivity index (χ1v) is 11.1. The predicted molar refractivity (Wildman–Crippen MR) is 106 cm³/mol. The van der Waals surface area contributed by atoms with Crippen LogP contribution in [-0.2, 0) is 19.1 Å². The standard InChI is InChI=1S/C7H8N2O4S.C6H4ClNO4S.CH5N/c1-8-14(12,13)7-4-2-6(3-5-7)9(10)11;7-13(11,12)6-3-1-5(2-4-6)8(9)10;1-2/h2-5,8H,1H3;1-4H;2H2,1H3. The fraction of sp³-hybridized carbons (Fsp3) is 0.143. The van der Waals surface area contributed by atoms with Crippen LogP contribution in [0.4, 0.5) is 11.4 Å². The highest BCUT2D eigenvalue weighted by Crippen LogP contribution is 2.18. The van der Waals surface area contributed by atoms with Gasteiger partial charge in [-0.2, -0.15) is 0 Å². The van der Waals surface area contributed by atoms with Crippen LogP contribution in [0.5, 0.6) is 0 Å².